The smallest absolute Gasteiger partial charge is 0.332 e. The second kappa shape index (κ2) is 11.6. The molecule has 2 amide bonds. The minimum Gasteiger partial charge on any atom is -0.352 e. The molecule has 4 rings (SSSR count). The van der Waals surface area contributed by atoms with Crippen molar-refractivity contribution >= 4 is 50.7 Å². The third-order valence-corrected chi connectivity index (χ3v) is 7.14. The number of rotatable bonds is 9. The molecule has 0 fully saturated rings. The highest BCUT2D eigenvalue weighted by molar-refractivity contribution is 7.17. The predicted octanol–water partition coefficient (Wildman–Crippen LogP) is 4.23. The number of halogens is 1. The molecule has 192 valence electrons. The van der Waals surface area contributed by atoms with Crippen LogP contribution in [0.4, 0.5) is 5.69 Å². The fraction of sp³-hybridized carbons (Fsp3) is 0.259. The molecule has 0 aliphatic rings. The number of nitrogens with zero attached hydrogens (tertiary/aromatic N) is 2. The Morgan fingerprint density at radius 1 is 0.946 bits per heavy atom. The topological polar surface area (TPSA) is 102 Å². The molecule has 37 heavy (non-hydrogen) atoms. The highest BCUT2D eigenvalue weighted by atomic mass is 35.5. The van der Waals surface area contributed by atoms with Gasteiger partial charge < -0.3 is 10.6 Å². The zero-order valence-corrected chi connectivity index (χ0v) is 22.1. The molecule has 0 bridgehead atoms. The Bertz CT molecular complexity index is 1570. The number of hydrogen-bond donors (Lipinski definition) is 2. The molecule has 0 saturated heterocycles. The van der Waals surface area contributed by atoms with Gasteiger partial charge in [-0.2, -0.15) is 0 Å². The molecule has 0 aliphatic carbocycles. The van der Waals surface area contributed by atoms with Gasteiger partial charge in [-0.3, -0.25) is 23.5 Å². The van der Waals surface area contributed by atoms with E-state index in [0.29, 0.717) is 33.9 Å². The lowest BCUT2D eigenvalue weighted by Gasteiger charge is -2.13. The number of aryl methyl sites for hydroxylation is 2. The number of carbonyl (C=O) groups excluding carboxylic acids is 2. The zero-order chi connectivity index (χ0) is 26.5. The molecular formula is C27H27ClN4O4S. The van der Waals surface area contributed by atoms with Crippen molar-refractivity contribution in [3.05, 3.63) is 96.5 Å². The van der Waals surface area contributed by atoms with Gasteiger partial charge in [-0.15, -0.1) is 11.3 Å². The van der Waals surface area contributed by atoms with Gasteiger partial charge in [-0.1, -0.05) is 47.5 Å². The molecule has 0 saturated carbocycles. The average molecular weight is 539 g/mol. The number of fused-ring (bicyclic) bond motifs is 1. The molecule has 4 aromatic rings. The summed E-state index contributed by atoms with van der Waals surface area (Å²) < 4.78 is 2.75. The molecule has 0 atom stereocenters. The van der Waals surface area contributed by atoms with E-state index in [1.807, 2.05) is 44.2 Å². The molecule has 2 aromatic heterocycles. The Morgan fingerprint density at radius 3 is 2.41 bits per heavy atom. The van der Waals surface area contributed by atoms with Gasteiger partial charge in [-0.05, 0) is 55.0 Å². The lowest BCUT2D eigenvalue weighted by molar-refractivity contribution is -0.121. The van der Waals surface area contributed by atoms with E-state index >= 15 is 0 Å². The van der Waals surface area contributed by atoms with Gasteiger partial charge in [0.25, 0.3) is 5.56 Å². The van der Waals surface area contributed by atoms with Gasteiger partial charge in [0, 0.05) is 19.5 Å². The summed E-state index contributed by atoms with van der Waals surface area (Å²) in [5, 5.41) is 7.69. The summed E-state index contributed by atoms with van der Waals surface area (Å²) in [6.07, 6.45) is 0.462. The zero-order valence-electron chi connectivity index (χ0n) is 20.5. The molecule has 2 N–H and O–H groups in total. The highest BCUT2D eigenvalue weighted by Gasteiger charge is 2.17. The van der Waals surface area contributed by atoms with Crippen molar-refractivity contribution in [2.24, 2.45) is 0 Å². The molecular weight excluding hydrogens is 512 g/mol. The first-order valence-electron chi connectivity index (χ1n) is 11.8. The molecule has 0 unspecified atom stereocenters. The van der Waals surface area contributed by atoms with Crippen molar-refractivity contribution < 1.29 is 9.59 Å². The van der Waals surface area contributed by atoms with Crippen molar-refractivity contribution in [1.82, 2.24) is 14.5 Å². The van der Waals surface area contributed by atoms with E-state index in [2.05, 4.69) is 10.6 Å². The lowest BCUT2D eigenvalue weighted by Crippen LogP contribution is -2.41. The number of anilines is 1. The molecule has 8 nitrogen and oxygen atoms in total. The van der Waals surface area contributed by atoms with Gasteiger partial charge in [0.05, 0.1) is 16.2 Å². The maximum atomic E-state index is 13.2. The van der Waals surface area contributed by atoms with Crippen LogP contribution in [0.1, 0.15) is 29.5 Å². The predicted molar refractivity (Wildman–Crippen MR) is 147 cm³/mol. The SMILES string of the molecule is Cc1ccc(CNC(=O)CCCn2c(=O)c3sccc3n(CC(=O)Nc3ccc(C)cc3Cl)c2=O)cc1. The normalized spacial score (nSPS) is 11.0. The summed E-state index contributed by atoms with van der Waals surface area (Å²) in [6, 6.07) is 14.8. The summed E-state index contributed by atoms with van der Waals surface area (Å²) in [6.45, 7) is 4.08. The van der Waals surface area contributed by atoms with Gasteiger partial charge in [0.1, 0.15) is 11.2 Å². The second-order valence-electron chi connectivity index (χ2n) is 8.86. The van der Waals surface area contributed by atoms with Crippen LogP contribution in [0, 0.1) is 13.8 Å². The average Bonchev–Trinajstić information content (AvgIpc) is 3.35. The van der Waals surface area contributed by atoms with Crippen molar-refractivity contribution in [3.8, 4) is 0 Å². The van der Waals surface area contributed by atoms with E-state index in [9.17, 15) is 19.2 Å². The third kappa shape index (κ3) is 6.36. The van der Waals surface area contributed by atoms with E-state index in [-0.39, 0.29) is 25.4 Å². The first kappa shape index (κ1) is 26.4. The van der Waals surface area contributed by atoms with Crippen molar-refractivity contribution in [2.45, 2.75) is 46.3 Å². The largest absolute Gasteiger partial charge is 0.352 e. The van der Waals surface area contributed by atoms with Gasteiger partial charge >= 0.3 is 5.69 Å². The number of aromatic nitrogens is 2. The first-order chi connectivity index (χ1) is 17.7. The number of carbonyl (C=O) groups is 2. The van der Waals surface area contributed by atoms with Crippen molar-refractivity contribution in [1.29, 1.82) is 0 Å². The molecule has 0 spiro atoms. The summed E-state index contributed by atoms with van der Waals surface area (Å²) in [5.41, 5.74) is 2.91. The maximum absolute atomic E-state index is 13.2. The lowest BCUT2D eigenvalue weighted by atomic mass is 10.1. The Kier molecular flexibility index (Phi) is 8.25. The molecule has 2 heterocycles. The number of amides is 2. The van der Waals surface area contributed by atoms with Crippen LogP contribution in [-0.2, 0) is 29.2 Å². The van der Waals surface area contributed by atoms with Gasteiger partial charge in [0.15, 0.2) is 0 Å². The Morgan fingerprint density at radius 2 is 1.68 bits per heavy atom. The first-order valence-corrected chi connectivity index (χ1v) is 13.1. The second-order valence-corrected chi connectivity index (χ2v) is 10.2. The van der Waals surface area contributed by atoms with Crippen LogP contribution in [0.5, 0.6) is 0 Å². The van der Waals surface area contributed by atoms with Crippen LogP contribution in [0.25, 0.3) is 10.2 Å². The third-order valence-electron chi connectivity index (χ3n) is 5.93. The standard InChI is InChI=1S/C27H27ClN4O4S/c1-17-5-8-19(9-6-17)15-29-23(33)4-3-12-31-26(35)25-22(11-13-37-25)32(27(31)36)16-24(34)30-21-10-7-18(2)14-20(21)28/h5-11,13-14H,3-4,12,15-16H2,1-2H3,(H,29,33)(H,30,34). The quantitative estimate of drug-likeness (QED) is 0.333. The van der Waals surface area contributed by atoms with Crippen LogP contribution in [-0.4, -0.2) is 20.9 Å². The Hall–Kier alpha value is -3.69. The van der Waals surface area contributed by atoms with Gasteiger partial charge in [0.2, 0.25) is 11.8 Å². The van der Waals surface area contributed by atoms with Gasteiger partial charge in [-0.25, -0.2) is 4.79 Å². The van der Waals surface area contributed by atoms with Crippen LogP contribution < -0.4 is 21.9 Å². The van der Waals surface area contributed by atoms with E-state index in [1.165, 1.54) is 15.9 Å². The van der Waals surface area contributed by atoms with E-state index < -0.39 is 17.2 Å². The van der Waals surface area contributed by atoms with E-state index in [4.69, 9.17) is 11.6 Å². The fourth-order valence-corrected chi connectivity index (χ4v) is 5.06. The maximum Gasteiger partial charge on any atom is 0.332 e. The van der Waals surface area contributed by atoms with Crippen LogP contribution in [0.15, 0.2) is 63.5 Å². The highest BCUT2D eigenvalue weighted by Crippen LogP contribution is 2.23. The van der Waals surface area contributed by atoms with Crippen LogP contribution in [0.2, 0.25) is 5.02 Å². The van der Waals surface area contributed by atoms with Crippen molar-refractivity contribution in [3.63, 3.8) is 0 Å². The summed E-state index contributed by atoms with van der Waals surface area (Å²) in [4.78, 5) is 51.3. The Balaban J connectivity index is 1.45. The summed E-state index contributed by atoms with van der Waals surface area (Å²) in [5.74, 6) is -0.610. The molecule has 0 aliphatic heterocycles. The van der Waals surface area contributed by atoms with Crippen LogP contribution >= 0.6 is 22.9 Å². The minimum absolute atomic E-state index is 0.0644. The molecule has 0 radical (unpaired) electrons. The summed E-state index contributed by atoms with van der Waals surface area (Å²) >= 11 is 7.43. The van der Waals surface area contributed by atoms with Crippen LogP contribution in [0.3, 0.4) is 0 Å². The molecule has 10 heteroatoms. The number of hydrogen-bond acceptors (Lipinski definition) is 5. The number of benzene rings is 2. The minimum atomic E-state index is -0.596. The Labute approximate surface area is 222 Å². The molecule has 2 aromatic carbocycles. The van der Waals surface area contributed by atoms with Crippen molar-refractivity contribution in [2.75, 3.05) is 5.32 Å². The van der Waals surface area contributed by atoms with E-state index in [1.54, 1.807) is 23.6 Å². The fourth-order valence-electron chi connectivity index (χ4n) is 3.93. The number of thiophene rings is 1. The van der Waals surface area contributed by atoms with E-state index in [0.717, 1.165) is 21.3 Å². The monoisotopic (exact) mass is 538 g/mol. The number of nitrogens with one attached hydrogen (secondary N) is 2. The summed E-state index contributed by atoms with van der Waals surface area (Å²) in [7, 11) is 0.